The number of hydrogen-bond donors (Lipinski definition) is 0. The molecule has 0 atom stereocenters. The molecule has 0 saturated heterocycles. The molecule has 0 aliphatic heterocycles. The van der Waals surface area contributed by atoms with Crippen LogP contribution in [-0.2, 0) is 0 Å². The van der Waals surface area contributed by atoms with E-state index in [0.29, 0.717) is 0 Å². The highest BCUT2D eigenvalue weighted by Crippen LogP contribution is 2.24. The molecule has 0 aromatic rings. The summed E-state index contributed by atoms with van der Waals surface area (Å²) in [6.45, 7) is 6.06. The van der Waals surface area contributed by atoms with Gasteiger partial charge >= 0.3 is 0 Å². The number of rotatable bonds is 4. The van der Waals surface area contributed by atoms with Gasteiger partial charge in [0.05, 0.1) is 0 Å². The van der Waals surface area contributed by atoms with E-state index in [1.165, 1.54) is 36.8 Å². The van der Waals surface area contributed by atoms with Crippen molar-refractivity contribution in [1.82, 2.24) is 0 Å². The van der Waals surface area contributed by atoms with E-state index in [1.54, 1.807) is 0 Å². The molecule has 0 heterocycles. The van der Waals surface area contributed by atoms with Crippen molar-refractivity contribution >= 4 is 0 Å². The van der Waals surface area contributed by atoms with Gasteiger partial charge in [-0.25, -0.2) is 0 Å². The molecular formula is C13H19. The summed E-state index contributed by atoms with van der Waals surface area (Å²) < 4.78 is 0. The molecule has 1 radical (unpaired) electrons. The highest BCUT2D eigenvalue weighted by atomic mass is 14.1. The van der Waals surface area contributed by atoms with Gasteiger partial charge in [-0.1, -0.05) is 32.1 Å². The summed E-state index contributed by atoms with van der Waals surface area (Å²) >= 11 is 0. The van der Waals surface area contributed by atoms with Crippen LogP contribution in [0, 0.1) is 6.08 Å². The molecule has 0 N–H and O–H groups in total. The molecule has 1 aliphatic carbocycles. The van der Waals surface area contributed by atoms with Gasteiger partial charge in [-0.15, -0.1) is 0 Å². The maximum Gasteiger partial charge on any atom is -0.0268 e. The highest BCUT2D eigenvalue weighted by Gasteiger charge is 2.05. The van der Waals surface area contributed by atoms with E-state index in [1.807, 2.05) is 6.08 Å². The number of unbranched alkanes of at least 4 members (excludes halogenated alkanes) is 1. The van der Waals surface area contributed by atoms with E-state index < -0.39 is 0 Å². The van der Waals surface area contributed by atoms with Gasteiger partial charge < -0.3 is 0 Å². The molecule has 0 bridgehead atoms. The molecular weight excluding hydrogens is 156 g/mol. The predicted octanol–water partition coefficient (Wildman–Crippen LogP) is 4.20. The van der Waals surface area contributed by atoms with Gasteiger partial charge in [0, 0.05) is 0 Å². The predicted molar refractivity (Wildman–Crippen MR) is 58.4 cm³/mol. The van der Waals surface area contributed by atoms with Crippen LogP contribution < -0.4 is 0 Å². The first-order valence-electron chi connectivity index (χ1n) is 5.31. The molecule has 1 rings (SSSR count). The van der Waals surface area contributed by atoms with Crippen molar-refractivity contribution in [2.75, 3.05) is 0 Å². The fourth-order valence-corrected chi connectivity index (χ4v) is 1.63. The Hall–Kier alpha value is -0.780. The molecule has 0 aromatic carbocycles. The molecule has 0 fully saturated rings. The molecule has 71 valence electrons. The van der Waals surface area contributed by atoms with Gasteiger partial charge in [-0.2, -0.15) is 0 Å². The van der Waals surface area contributed by atoms with E-state index >= 15 is 0 Å². The molecule has 1 aliphatic rings. The minimum atomic E-state index is 1.13. The Morgan fingerprint density at radius 2 is 2.38 bits per heavy atom. The smallest absolute Gasteiger partial charge is 0.0268 e. The first-order chi connectivity index (χ1) is 6.38. The van der Waals surface area contributed by atoms with E-state index in [2.05, 4.69) is 25.7 Å². The van der Waals surface area contributed by atoms with Crippen LogP contribution in [0.4, 0.5) is 0 Å². The zero-order chi connectivity index (χ0) is 9.52. The van der Waals surface area contributed by atoms with E-state index in [9.17, 15) is 0 Å². The summed E-state index contributed by atoms with van der Waals surface area (Å²) in [6.07, 6.45) is 15.1. The summed E-state index contributed by atoms with van der Waals surface area (Å²) in [4.78, 5) is 0. The lowest BCUT2D eigenvalue weighted by molar-refractivity contribution is 0.695. The molecule has 0 amide bonds. The maximum atomic E-state index is 3.86. The second-order valence-corrected chi connectivity index (χ2v) is 3.51. The fraction of sp³-hybridized carbons (Fsp3) is 0.538. The Labute approximate surface area is 82.0 Å². The standard InChI is InChI=1S/C13H19/c1-3-5-9-12(4-2)13-10-7-6-8-11-13/h4,9H,2-3,5-8,10H2,1H3. The van der Waals surface area contributed by atoms with E-state index in [-0.39, 0.29) is 0 Å². The summed E-state index contributed by atoms with van der Waals surface area (Å²) in [6, 6.07) is 0. The van der Waals surface area contributed by atoms with Gasteiger partial charge in [-0.3, -0.25) is 0 Å². The number of allylic oxidation sites excluding steroid dienone is 5. The summed E-state index contributed by atoms with van der Waals surface area (Å²) in [5.74, 6) is 0. The Balaban J connectivity index is 2.64. The first-order valence-corrected chi connectivity index (χ1v) is 5.31. The van der Waals surface area contributed by atoms with Crippen LogP contribution in [0.25, 0.3) is 0 Å². The average molecular weight is 175 g/mol. The topological polar surface area (TPSA) is 0 Å². The first kappa shape index (κ1) is 10.3. The van der Waals surface area contributed by atoms with Crippen molar-refractivity contribution in [2.24, 2.45) is 0 Å². The van der Waals surface area contributed by atoms with Crippen molar-refractivity contribution in [3.8, 4) is 0 Å². The lowest BCUT2D eigenvalue weighted by atomic mass is 9.93. The fourth-order valence-electron chi connectivity index (χ4n) is 1.63. The van der Waals surface area contributed by atoms with Crippen LogP contribution in [-0.4, -0.2) is 0 Å². The molecule has 0 unspecified atom stereocenters. The Morgan fingerprint density at radius 3 is 2.92 bits per heavy atom. The van der Waals surface area contributed by atoms with E-state index in [4.69, 9.17) is 0 Å². The zero-order valence-electron chi connectivity index (χ0n) is 8.60. The summed E-state index contributed by atoms with van der Waals surface area (Å²) in [7, 11) is 0. The zero-order valence-corrected chi connectivity index (χ0v) is 8.60. The molecule has 0 heteroatoms. The van der Waals surface area contributed by atoms with Crippen LogP contribution in [0.1, 0.15) is 45.4 Å². The van der Waals surface area contributed by atoms with Gasteiger partial charge in [-0.05, 0) is 49.3 Å². The van der Waals surface area contributed by atoms with Crippen LogP contribution in [0.3, 0.4) is 0 Å². The van der Waals surface area contributed by atoms with Crippen molar-refractivity contribution in [1.29, 1.82) is 0 Å². The van der Waals surface area contributed by atoms with Crippen LogP contribution >= 0.6 is 0 Å². The highest BCUT2D eigenvalue weighted by molar-refractivity contribution is 5.37. The minimum absolute atomic E-state index is 1.13. The van der Waals surface area contributed by atoms with Crippen molar-refractivity contribution in [3.63, 3.8) is 0 Å². The third-order valence-corrected chi connectivity index (χ3v) is 2.41. The van der Waals surface area contributed by atoms with Crippen LogP contribution in [0.2, 0.25) is 0 Å². The monoisotopic (exact) mass is 175 g/mol. The molecule has 0 saturated carbocycles. The van der Waals surface area contributed by atoms with Crippen molar-refractivity contribution < 1.29 is 0 Å². The quantitative estimate of drug-likeness (QED) is 0.562. The second-order valence-electron chi connectivity index (χ2n) is 3.51. The Morgan fingerprint density at radius 1 is 1.54 bits per heavy atom. The molecule has 0 spiro atoms. The third kappa shape index (κ3) is 3.22. The normalized spacial score (nSPS) is 18.2. The lowest BCUT2D eigenvalue weighted by Crippen LogP contribution is -1.94. The largest absolute Gasteiger partial charge is 0.0985 e. The molecule has 0 aromatic heterocycles. The maximum absolute atomic E-state index is 3.86. The Kier molecular flexibility index (Phi) is 4.59. The Bertz CT molecular complexity index is 218. The molecule has 0 nitrogen and oxygen atoms in total. The SMILES string of the molecule is C=CC(=CCCC)C1=[C]CCCC1. The van der Waals surface area contributed by atoms with Crippen LogP contribution in [0.5, 0.6) is 0 Å². The lowest BCUT2D eigenvalue weighted by Gasteiger charge is -2.12. The summed E-state index contributed by atoms with van der Waals surface area (Å²) in [5, 5.41) is 0. The second kappa shape index (κ2) is 5.80. The third-order valence-electron chi connectivity index (χ3n) is 2.41. The number of hydrogen-bond acceptors (Lipinski definition) is 0. The van der Waals surface area contributed by atoms with Gasteiger partial charge in [0.2, 0.25) is 0 Å². The van der Waals surface area contributed by atoms with E-state index in [0.717, 1.165) is 12.8 Å². The summed E-state index contributed by atoms with van der Waals surface area (Å²) in [5.41, 5.74) is 2.72. The minimum Gasteiger partial charge on any atom is -0.0985 e. The van der Waals surface area contributed by atoms with Gasteiger partial charge in [0.25, 0.3) is 0 Å². The van der Waals surface area contributed by atoms with Gasteiger partial charge in [0.15, 0.2) is 0 Å². The molecule has 13 heavy (non-hydrogen) atoms. The van der Waals surface area contributed by atoms with Gasteiger partial charge in [0.1, 0.15) is 0 Å². The van der Waals surface area contributed by atoms with Crippen molar-refractivity contribution in [2.45, 2.75) is 45.4 Å². The average Bonchev–Trinajstić information content (AvgIpc) is 2.21. The van der Waals surface area contributed by atoms with Crippen molar-refractivity contribution in [3.05, 3.63) is 36.0 Å². The van der Waals surface area contributed by atoms with Crippen LogP contribution in [0.15, 0.2) is 29.9 Å².